The number of aromatic hydroxyl groups is 1. The number of amides is 2. The van der Waals surface area contributed by atoms with Gasteiger partial charge in [-0.15, -0.1) is 0 Å². The normalized spacial score (nSPS) is 11.2. The lowest BCUT2D eigenvalue weighted by Gasteiger charge is -2.09. The van der Waals surface area contributed by atoms with E-state index >= 15 is 0 Å². The van der Waals surface area contributed by atoms with E-state index in [1.54, 1.807) is 36.4 Å². The molecule has 1 heterocycles. The number of aromatic amines is 1. The van der Waals surface area contributed by atoms with Crippen LogP contribution in [-0.2, 0) is 16.3 Å². The van der Waals surface area contributed by atoms with E-state index in [1.165, 1.54) is 12.1 Å². The molecule has 2 aromatic carbocycles. The number of rotatable bonds is 7. The fraction of sp³-hybridized carbons (Fsp3) is 0.158. The molecule has 0 radical (unpaired) electrons. The van der Waals surface area contributed by atoms with E-state index in [2.05, 4.69) is 15.6 Å². The quantitative estimate of drug-likeness (QED) is 0.455. The number of nitrogens with one attached hydrogen (secondary N) is 3. The first-order valence-corrected chi connectivity index (χ1v) is 11.1. The molecule has 0 fully saturated rings. The number of benzene rings is 2. The van der Waals surface area contributed by atoms with Gasteiger partial charge in [-0.25, -0.2) is 13.2 Å². The standard InChI is InChI=1S/C19H19N3O5S2/c23-17-16(28-19(25)22-17)12-13-6-8-15(9-7-13)29(26,27)11-10-20-18(24)21-14-4-2-1-3-5-14/h1-9,23H,10-12H2,(H,22,25)(H2,20,21,24). The summed E-state index contributed by atoms with van der Waals surface area (Å²) in [5, 5.41) is 14.8. The summed E-state index contributed by atoms with van der Waals surface area (Å²) in [7, 11) is -3.57. The Morgan fingerprint density at radius 2 is 1.76 bits per heavy atom. The molecule has 0 saturated carbocycles. The van der Waals surface area contributed by atoms with E-state index < -0.39 is 15.9 Å². The summed E-state index contributed by atoms with van der Waals surface area (Å²) < 4.78 is 24.9. The van der Waals surface area contributed by atoms with E-state index in [-0.39, 0.29) is 27.9 Å². The van der Waals surface area contributed by atoms with Crippen molar-refractivity contribution in [2.75, 3.05) is 17.6 Å². The maximum Gasteiger partial charge on any atom is 0.319 e. The van der Waals surface area contributed by atoms with Gasteiger partial charge in [0.05, 0.1) is 15.5 Å². The lowest BCUT2D eigenvalue weighted by atomic mass is 10.1. The average Bonchev–Trinajstić information content (AvgIpc) is 2.99. The van der Waals surface area contributed by atoms with E-state index in [4.69, 9.17) is 0 Å². The number of carbonyl (C=O) groups is 1. The van der Waals surface area contributed by atoms with Gasteiger partial charge in [-0.05, 0) is 29.8 Å². The van der Waals surface area contributed by atoms with Gasteiger partial charge in [-0.3, -0.25) is 9.78 Å². The summed E-state index contributed by atoms with van der Waals surface area (Å²) in [6, 6.07) is 14.6. The first kappa shape index (κ1) is 20.6. The maximum absolute atomic E-state index is 12.4. The predicted octanol–water partition coefficient (Wildman–Crippen LogP) is 2.33. The van der Waals surface area contributed by atoms with E-state index in [0.717, 1.165) is 16.9 Å². The van der Waals surface area contributed by atoms with Crippen molar-refractivity contribution in [3.8, 4) is 5.88 Å². The average molecular weight is 434 g/mol. The van der Waals surface area contributed by atoms with Crippen LogP contribution in [0.2, 0.25) is 0 Å². The number of anilines is 1. The Balaban J connectivity index is 1.54. The van der Waals surface area contributed by atoms with Gasteiger partial charge in [0.25, 0.3) is 0 Å². The Bertz CT molecular complexity index is 1140. The number of thiazole rings is 1. The van der Waals surface area contributed by atoms with Crippen LogP contribution in [0.25, 0.3) is 0 Å². The molecule has 1 aromatic heterocycles. The van der Waals surface area contributed by atoms with Crippen LogP contribution in [0.4, 0.5) is 10.5 Å². The molecule has 8 nitrogen and oxygen atoms in total. The zero-order chi connectivity index (χ0) is 20.9. The van der Waals surface area contributed by atoms with Gasteiger partial charge in [0.1, 0.15) is 0 Å². The van der Waals surface area contributed by atoms with Gasteiger partial charge >= 0.3 is 10.9 Å². The van der Waals surface area contributed by atoms with Crippen molar-refractivity contribution in [2.45, 2.75) is 11.3 Å². The summed E-state index contributed by atoms with van der Waals surface area (Å²) in [6.45, 7) is -0.0338. The molecule has 0 unspecified atom stereocenters. The van der Waals surface area contributed by atoms with Crippen molar-refractivity contribution < 1.29 is 18.3 Å². The molecule has 0 aliphatic rings. The van der Waals surface area contributed by atoms with E-state index in [9.17, 15) is 23.1 Å². The highest BCUT2D eigenvalue weighted by molar-refractivity contribution is 7.91. The van der Waals surface area contributed by atoms with E-state index in [0.29, 0.717) is 17.0 Å². The fourth-order valence-corrected chi connectivity index (χ4v) is 4.50. The Morgan fingerprint density at radius 3 is 2.38 bits per heavy atom. The van der Waals surface area contributed by atoms with Crippen molar-refractivity contribution in [3.05, 3.63) is 74.7 Å². The van der Waals surface area contributed by atoms with Crippen LogP contribution < -0.4 is 15.5 Å². The first-order chi connectivity index (χ1) is 13.8. The maximum atomic E-state index is 12.4. The van der Waals surface area contributed by atoms with Crippen LogP contribution in [0.1, 0.15) is 10.4 Å². The summed E-state index contributed by atoms with van der Waals surface area (Å²) in [4.78, 5) is 25.6. The molecule has 0 aliphatic heterocycles. The van der Waals surface area contributed by atoms with Crippen molar-refractivity contribution >= 4 is 32.9 Å². The predicted molar refractivity (Wildman–Crippen MR) is 111 cm³/mol. The van der Waals surface area contributed by atoms with Crippen molar-refractivity contribution in [3.63, 3.8) is 0 Å². The molecule has 3 aromatic rings. The molecule has 0 spiro atoms. The number of sulfone groups is 1. The highest BCUT2D eigenvalue weighted by atomic mass is 32.2. The summed E-state index contributed by atoms with van der Waals surface area (Å²) in [6.07, 6.45) is 0.316. The molecule has 0 atom stereocenters. The second-order valence-electron chi connectivity index (χ2n) is 6.17. The molecule has 10 heteroatoms. The smallest absolute Gasteiger partial charge is 0.319 e. The minimum Gasteiger partial charge on any atom is -0.494 e. The number of hydrogen-bond donors (Lipinski definition) is 4. The largest absolute Gasteiger partial charge is 0.494 e. The van der Waals surface area contributed by atoms with Crippen LogP contribution in [0.5, 0.6) is 5.88 Å². The fourth-order valence-electron chi connectivity index (χ4n) is 2.59. The molecular formula is C19H19N3O5S2. The second-order valence-corrected chi connectivity index (χ2v) is 9.35. The van der Waals surface area contributed by atoms with Gasteiger partial charge in [-0.2, -0.15) is 0 Å². The number of H-pyrrole nitrogens is 1. The highest BCUT2D eigenvalue weighted by Gasteiger charge is 2.15. The van der Waals surface area contributed by atoms with Crippen LogP contribution in [0, 0.1) is 0 Å². The highest BCUT2D eigenvalue weighted by Crippen LogP contribution is 2.21. The molecule has 2 amide bonds. The number of hydrogen-bond acceptors (Lipinski definition) is 6. The van der Waals surface area contributed by atoms with Crippen LogP contribution >= 0.6 is 11.3 Å². The zero-order valence-electron chi connectivity index (χ0n) is 15.2. The topological polar surface area (TPSA) is 128 Å². The van der Waals surface area contributed by atoms with Gasteiger partial charge < -0.3 is 15.7 Å². The Hall–Kier alpha value is -3.11. The number of urea groups is 1. The molecule has 0 bridgehead atoms. The minimum absolute atomic E-state index is 0.0338. The van der Waals surface area contributed by atoms with Crippen LogP contribution in [0.3, 0.4) is 0 Å². The van der Waals surface area contributed by atoms with Crippen LogP contribution in [-0.4, -0.2) is 36.8 Å². The lowest BCUT2D eigenvalue weighted by molar-refractivity contribution is 0.252. The second kappa shape index (κ2) is 8.93. The molecule has 0 saturated heterocycles. The third-order valence-corrected chi connectivity index (χ3v) is 6.64. The monoisotopic (exact) mass is 433 g/mol. The Labute approximate surface area is 171 Å². The van der Waals surface area contributed by atoms with Gasteiger partial charge in [0, 0.05) is 18.7 Å². The van der Waals surface area contributed by atoms with E-state index in [1.807, 2.05) is 6.07 Å². The SMILES string of the molecule is O=C(NCCS(=O)(=O)c1ccc(Cc2sc(=O)[nH]c2O)cc1)Nc1ccccc1. The van der Waals surface area contributed by atoms with Gasteiger partial charge in [-0.1, -0.05) is 41.7 Å². The Kier molecular flexibility index (Phi) is 6.35. The van der Waals surface area contributed by atoms with Gasteiger partial charge in [0.2, 0.25) is 5.88 Å². The van der Waals surface area contributed by atoms with Crippen molar-refractivity contribution in [2.24, 2.45) is 0 Å². The molecule has 4 N–H and O–H groups in total. The third kappa shape index (κ3) is 5.69. The molecule has 29 heavy (non-hydrogen) atoms. The lowest BCUT2D eigenvalue weighted by Crippen LogP contribution is -2.32. The molecular weight excluding hydrogens is 414 g/mol. The number of carbonyl (C=O) groups excluding carboxylic acids is 1. The Morgan fingerprint density at radius 1 is 1.07 bits per heavy atom. The molecule has 3 rings (SSSR count). The van der Waals surface area contributed by atoms with Gasteiger partial charge in [0.15, 0.2) is 9.84 Å². The number of aromatic nitrogens is 1. The van der Waals surface area contributed by atoms with Crippen molar-refractivity contribution in [1.29, 1.82) is 0 Å². The van der Waals surface area contributed by atoms with Crippen LogP contribution in [0.15, 0.2) is 64.3 Å². The third-order valence-electron chi connectivity index (χ3n) is 4.04. The first-order valence-electron chi connectivity index (χ1n) is 8.66. The van der Waals surface area contributed by atoms with Crippen molar-refractivity contribution in [1.82, 2.24) is 10.3 Å². The number of para-hydroxylation sites is 1. The molecule has 152 valence electrons. The zero-order valence-corrected chi connectivity index (χ0v) is 16.8. The molecule has 0 aliphatic carbocycles. The summed E-state index contributed by atoms with van der Waals surface area (Å²) >= 11 is 0.908. The summed E-state index contributed by atoms with van der Waals surface area (Å²) in [5.74, 6) is -0.411. The summed E-state index contributed by atoms with van der Waals surface area (Å²) in [5.41, 5.74) is 1.37. The minimum atomic E-state index is -3.57.